The van der Waals surface area contributed by atoms with Crippen molar-refractivity contribution in [2.75, 3.05) is 25.2 Å². The van der Waals surface area contributed by atoms with Gasteiger partial charge in [0.25, 0.3) is 0 Å². The number of thioether (sulfide) groups is 1. The van der Waals surface area contributed by atoms with E-state index in [0.29, 0.717) is 0 Å². The minimum Gasteiger partial charge on any atom is -0.497 e. The Morgan fingerprint density at radius 2 is 2.08 bits per heavy atom. The number of nitrogens with one attached hydrogen (secondary N) is 1. The molecule has 1 aliphatic heterocycles. The molecule has 1 atom stereocenters. The van der Waals surface area contributed by atoms with Gasteiger partial charge < -0.3 is 15.0 Å². The first-order chi connectivity index (χ1) is 11.7. The molecule has 0 radical (unpaired) electrons. The van der Waals surface area contributed by atoms with Crippen molar-refractivity contribution in [2.24, 2.45) is 0 Å². The van der Waals surface area contributed by atoms with Crippen LogP contribution in [0.2, 0.25) is 0 Å². The number of ether oxygens (including phenoxy) is 1. The summed E-state index contributed by atoms with van der Waals surface area (Å²) in [6, 6.07) is 15.9. The summed E-state index contributed by atoms with van der Waals surface area (Å²) in [5.41, 5.74) is 1.99. The Morgan fingerprint density at radius 1 is 1.25 bits per heavy atom. The summed E-state index contributed by atoms with van der Waals surface area (Å²) >= 11 is 1.63. The lowest BCUT2D eigenvalue weighted by Gasteiger charge is -2.26. The van der Waals surface area contributed by atoms with Gasteiger partial charge in [0.2, 0.25) is 0 Å². The lowest BCUT2D eigenvalue weighted by atomic mass is 10.0. The van der Waals surface area contributed by atoms with Crippen molar-refractivity contribution >= 4 is 23.5 Å². The fourth-order valence-corrected chi connectivity index (χ4v) is 3.69. The molecular weight excluding hydrogens is 320 g/mol. The van der Waals surface area contributed by atoms with Crippen LogP contribution in [0, 0.1) is 0 Å². The van der Waals surface area contributed by atoms with Crippen LogP contribution in [0.5, 0.6) is 5.75 Å². The van der Waals surface area contributed by atoms with Crippen LogP contribution in [0.4, 0.5) is 10.5 Å². The molecule has 1 saturated heterocycles. The van der Waals surface area contributed by atoms with Crippen LogP contribution < -0.4 is 10.1 Å². The third-order valence-electron chi connectivity index (χ3n) is 4.34. The van der Waals surface area contributed by atoms with Gasteiger partial charge in [-0.2, -0.15) is 0 Å². The Bertz CT molecular complexity index is 720. The SMILES string of the molecule is COc1cccc(C2CCCN2C(=O)Nc2ccccc2SC)c1. The van der Waals surface area contributed by atoms with Crippen molar-refractivity contribution in [1.29, 1.82) is 0 Å². The Balaban J connectivity index is 1.78. The van der Waals surface area contributed by atoms with E-state index in [0.717, 1.165) is 41.3 Å². The van der Waals surface area contributed by atoms with Crippen LogP contribution >= 0.6 is 11.8 Å². The molecule has 0 aromatic heterocycles. The fourth-order valence-electron chi connectivity index (χ4n) is 3.14. The van der Waals surface area contributed by atoms with E-state index in [1.807, 2.05) is 53.6 Å². The van der Waals surface area contributed by atoms with Crippen molar-refractivity contribution in [2.45, 2.75) is 23.8 Å². The minimum atomic E-state index is -0.0400. The average molecular weight is 342 g/mol. The molecule has 1 heterocycles. The van der Waals surface area contributed by atoms with Crippen molar-refractivity contribution in [1.82, 2.24) is 4.90 Å². The molecule has 1 N–H and O–H groups in total. The monoisotopic (exact) mass is 342 g/mol. The maximum Gasteiger partial charge on any atom is 0.322 e. The molecule has 0 saturated carbocycles. The molecule has 2 aromatic rings. The number of likely N-dealkylation sites (tertiary alicyclic amines) is 1. The summed E-state index contributed by atoms with van der Waals surface area (Å²) in [6.07, 6.45) is 4.00. The van der Waals surface area contributed by atoms with E-state index in [4.69, 9.17) is 4.74 Å². The maximum atomic E-state index is 12.8. The van der Waals surface area contributed by atoms with E-state index in [2.05, 4.69) is 11.4 Å². The van der Waals surface area contributed by atoms with Crippen LogP contribution in [0.3, 0.4) is 0 Å². The summed E-state index contributed by atoms with van der Waals surface area (Å²) in [7, 11) is 1.66. The molecule has 126 valence electrons. The number of nitrogens with zero attached hydrogens (tertiary/aromatic N) is 1. The second-order valence-corrected chi connectivity index (χ2v) is 6.61. The van der Waals surface area contributed by atoms with Gasteiger partial charge in [0.05, 0.1) is 18.8 Å². The second kappa shape index (κ2) is 7.62. The first-order valence-corrected chi connectivity index (χ1v) is 9.30. The van der Waals surface area contributed by atoms with Crippen LogP contribution in [-0.2, 0) is 0 Å². The zero-order valence-corrected chi connectivity index (χ0v) is 14.8. The average Bonchev–Trinajstić information content (AvgIpc) is 3.12. The number of para-hydroxylation sites is 1. The third-order valence-corrected chi connectivity index (χ3v) is 5.14. The second-order valence-electron chi connectivity index (χ2n) is 5.76. The number of amides is 2. The minimum absolute atomic E-state index is 0.0400. The van der Waals surface area contributed by atoms with Gasteiger partial charge in [0, 0.05) is 11.4 Å². The molecule has 3 rings (SSSR count). The quantitative estimate of drug-likeness (QED) is 0.813. The topological polar surface area (TPSA) is 41.6 Å². The van der Waals surface area contributed by atoms with Gasteiger partial charge in [0.15, 0.2) is 0 Å². The molecule has 4 nitrogen and oxygen atoms in total. The van der Waals surface area contributed by atoms with E-state index >= 15 is 0 Å². The van der Waals surface area contributed by atoms with E-state index in [1.54, 1.807) is 18.9 Å². The predicted octanol–water partition coefficient (Wildman–Crippen LogP) is 4.79. The van der Waals surface area contributed by atoms with Crippen LogP contribution in [0.25, 0.3) is 0 Å². The lowest BCUT2D eigenvalue weighted by molar-refractivity contribution is 0.207. The van der Waals surface area contributed by atoms with Crippen molar-refractivity contribution in [3.63, 3.8) is 0 Å². The van der Waals surface area contributed by atoms with Crippen LogP contribution in [-0.4, -0.2) is 30.8 Å². The Hall–Kier alpha value is -2.14. The summed E-state index contributed by atoms with van der Waals surface area (Å²) < 4.78 is 5.31. The maximum absolute atomic E-state index is 12.8. The molecule has 24 heavy (non-hydrogen) atoms. The highest BCUT2D eigenvalue weighted by molar-refractivity contribution is 7.98. The van der Waals surface area contributed by atoms with Crippen molar-refractivity contribution in [3.05, 3.63) is 54.1 Å². The Kier molecular flexibility index (Phi) is 5.30. The molecular formula is C19H22N2O2S. The number of urea groups is 1. The summed E-state index contributed by atoms with van der Waals surface area (Å²) in [4.78, 5) is 15.8. The first-order valence-electron chi connectivity index (χ1n) is 8.07. The molecule has 1 fully saturated rings. The number of hydrogen-bond acceptors (Lipinski definition) is 3. The zero-order chi connectivity index (χ0) is 16.9. The molecule has 0 spiro atoms. The Morgan fingerprint density at radius 3 is 2.88 bits per heavy atom. The van der Waals surface area contributed by atoms with Crippen molar-refractivity contribution in [3.8, 4) is 5.75 Å². The van der Waals surface area contributed by atoms with Crippen LogP contribution in [0.15, 0.2) is 53.4 Å². The number of carbonyl (C=O) groups is 1. The van der Waals surface area contributed by atoms with Gasteiger partial charge in [0.1, 0.15) is 5.75 Å². The van der Waals surface area contributed by atoms with Crippen molar-refractivity contribution < 1.29 is 9.53 Å². The van der Waals surface area contributed by atoms with E-state index in [9.17, 15) is 4.79 Å². The highest BCUT2D eigenvalue weighted by atomic mass is 32.2. The van der Waals surface area contributed by atoms with E-state index in [-0.39, 0.29) is 12.1 Å². The molecule has 1 unspecified atom stereocenters. The highest BCUT2D eigenvalue weighted by Crippen LogP contribution is 2.34. The first kappa shape index (κ1) is 16.7. The van der Waals surface area contributed by atoms with Gasteiger partial charge in [-0.25, -0.2) is 4.79 Å². The molecule has 2 amide bonds. The van der Waals surface area contributed by atoms with E-state index < -0.39 is 0 Å². The van der Waals surface area contributed by atoms with Crippen LogP contribution in [0.1, 0.15) is 24.4 Å². The number of anilines is 1. The summed E-state index contributed by atoms with van der Waals surface area (Å²) in [6.45, 7) is 0.773. The molecule has 1 aliphatic rings. The van der Waals surface area contributed by atoms with E-state index in [1.165, 1.54) is 0 Å². The van der Waals surface area contributed by atoms with Gasteiger partial charge >= 0.3 is 6.03 Å². The summed E-state index contributed by atoms with van der Waals surface area (Å²) in [5.74, 6) is 0.826. The van der Waals surface area contributed by atoms with Gasteiger partial charge in [-0.15, -0.1) is 11.8 Å². The van der Waals surface area contributed by atoms with Gasteiger partial charge in [-0.05, 0) is 48.9 Å². The number of rotatable bonds is 4. The molecule has 0 aliphatic carbocycles. The standard InChI is InChI=1S/C19H22N2O2S/c1-23-15-8-5-7-14(13-15)17-10-6-12-21(17)19(22)20-16-9-3-4-11-18(16)24-2/h3-5,7-9,11,13,17H,6,10,12H2,1-2H3,(H,20,22). The molecule has 5 heteroatoms. The van der Waals surface area contributed by atoms with Gasteiger partial charge in [-0.1, -0.05) is 24.3 Å². The highest BCUT2D eigenvalue weighted by Gasteiger charge is 2.30. The zero-order valence-electron chi connectivity index (χ0n) is 14.0. The third kappa shape index (κ3) is 3.51. The Labute approximate surface area is 147 Å². The number of methoxy groups -OCH3 is 1. The lowest BCUT2D eigenvalue weighted by Crippen LogP contribution is -2.34. The molecule has 2 aromatic carbocycles. The smallest absolute Gasteiger partial charge is 0.322 e. The van der Waals surface area contributed by atoms with Gasteiger partial charge in [-0.3, -0.25) is 0 Å². The molecule has 0 bridgehead atoms. The number of hydrogen-bond donors (Lipinski definition) is 1. The predicted molar refractivity (Wildman–Crippen MR) is 98.9 cm³/mol. The number of carbonyl (C=O) groups excluding carboxylic acids is 1. The number of benzene rings is 2. The fraction of sp³-hybridized carbons (Fsp3) is 0.316. The summed E-state index contributed by atoms with van der Waals surface area (Å²) in [5, 5.41) is 3.07. The largest absolute Gasteiger partial charge is 0.497 e. The normalized spacial score (nSPS) is 16.9.